The maximum atomic E-state index is 12.7. The van der Waals surface area contributed by atoms with E-state index < -0.39 is 0 Å². The van der Waals surface area contributed by atoms with Gasteiger partial charge >= 0.3 is 0 Å². The van der Waals surface area contributed by atoms with Gasteiger partial charge in [-0.2, -0.15) is 0 Å². The maximum Gasteiger partial charge on any atom is 0.253 e. The number of amides is 1. The molecule has 2 rings (SSSR count). The van der Waals surface area contributed by atoms with Crippen LogP contribution in [0.4, 0.5) is 0 Å². The average molecular weight is 306 g/mol. The summed E-state index contributed by atoms with van der Waals surface area (Å²) >= 11 is 1.70. The van der Waals surface area contributed by atoms with Gasteiger partial charge in [0, 0.05) is 23.5 Å². The smallest absolute Gasteiger partial charge is 0.253 e. The average Bonchev–Trinajstić information content (AvgIpc) is 2.55. The van der Waals surface area contributed by atoms with Gasteiger partial charge in [-0.25, -0.2) is 0 Å². The molecular weight excluding hydrogens is 280 g/mol. The number of thioether (sulfide) groups is 1. The van der Waals surface area contributed by atoms with Crippen molar-refractivity contribution in [2.24, 2.45) is 5.92 Å². The van der Waals surface area contributed by atoms with E-state index >= 15 is 0 Å². The molecule has 0 bridgehead atoms. The Balaban J connectivity index is 2.02. The lowest BCUT2D eigenvalue weighted by Gasteiger charge is -2.30. The van der Waals surface area contributed by atoms with E-state index in [0.29, 0.717) is 5.92 Å². The Morgan fingerprint density at radius 1 is 1.29 bits per heavy atom. The van der Waals surface area contributed by atoms with Crippen LogP contribution in [0.3, 0.4) is 0 Å². The van der Waals surface area contributed by atoms with Crippen molar-refractivity contribution in [3.8, 4) is 0 Å². The highest BCUT2D eigenvalue weighted by Crippen LogP contribution is 2.18. The molecule has 0 unspecified atom stereocenters. The first kappa shape index (κ1) is 16.4. The fraction of sp³-hybridized carbons (Fsp3) is 0.588. The maximum absolute atomic E-state index is 12.7. The molecule has 1 aromatic carbocycles. The van der Waals surface area contributed by atoms with E-state index in [2.05, 4.69) is 18.5 Å². The molecule has 1 N–H and O–H groups in total. The topological polar surface area (TPSA) is 32.3 Å². The van der Waals surface area contributed by atoms with Crippen LogP contribution in [0.1, 0.15) is 36.5 Å². The number of carbonyl (C=O) groups excluding carboxylic acids is 1. The van der Waals surface area contributed by atoms with Gasteiger partial charge in [0.1, 0.15) is 0 Å². The fourth-order valence-electron chi connectivity index (χ4n) is 2.84. The highest BCUT2D eigenvalue weighted by Gasteiger charge is 2.21. The van der Waals surface area contributed by atoms with Crippen LogP contribution >= 0.6 is 11.8 Å². The van der Waals surface area contributed by atoms with Crippen LogP contribution in [0.2, 0.25) is 0 Å². The van der Waals surface area contributed by atoms with Crippen LogP contribution in [-0.4, -0.2) is 43.2 Å². The third kappa shape index (κ3) is 4.75. The predicted octanol–water partition coefficient (Wildman–Crippen LogP) is 3.26. The molecule has 1 aromatic rings. The number of nitrogens with one attached hydrogen (secondary N) is 1. The summed E-state index contributed by atoms with van der Waals surface area (Å²) in [5.41, 5.74) is 0.815. The molecule has 1 aliphatic heterocycles. The molecule has 116 valence electrons. The second kappa shape index (κ2) is 8.44. The largest absolute Gasteiger partial charge is 0.338 e. The first-order valence-corrected chi connectivity index (χ1v) is 9.11. The summed E-state index contributed by atoms with van der Waals surface area (Å²) in [7, 11) is 0. The molecule has 1 amide bonds. The quantitative estimate of drug-likeness (QED) is 0.819. The van der Waals surface area contributed by atoms with Gasteiger partial charge in [-0.15, -0.1) is 11.8 Å². The number of hydrogen-bond acceptors (Lipinski definition) is 3. The van der Waals surface area contributed by atoms with Crippen molar-refractivity contribution in [2.75, 3.05) is 32.4 Å². The van der Waals surface area contributed by atoms with Crippen LogP contribution < -0.4 is 5.32 Å². The second-order valence-electron chi connectivity index (χ2n) is 5.67. The molecule has 3 nitrogen and oxygen atoms in total. The Bertz CT molecular complexity index is 441. The van der Waals surface area contributed by atoms with Crippen molar-refractivity contribution in [2.45, 2.75) is 31.1 Å². The van der Waals surface area contributed by atoms with Gasteiger partial charge in [0.05, 0.1) is 0 Å². The second-order valence-corrected chi connectivity index (χ2v) is 6.55. The molecule has 0 atom stereocenters. The molecule has 0 radical (unpaired) electrons. The first-order chi connectivity index (χ1) is 10.2. The van der Waals surface area contributed by atoms with E-state index in [9.17, 15) is 4.79 Å². The first-order valence-electron chi connectivity index (χ1n) is 7.88. The molecule has 1 aliphatic rings. The van der Waals surface area contributed by atoms with Crippen molar-refractivity contribution in [3.05, 3.63) is 29.8 Å². The van der Waals surface area contributed by atoms with Crippen LogP contribution in [0.5, 0.6) is 0 Å². The van der Waals surface area contributed by atoms with Crippen molar-refractivity contribution in [1.82, 2.24) is 10.2 Å². The highest BCUT2D eigenvalue weighted by atomic mass is 32.2. The van der Waals surface area contributed by atoms with E-state index in [1.807, 2.05) is 29.2 Å². The molecule has 1 heterocycles. The number of rotatable bonds is 6. The van der Waals surface area contributed by atoms with Gasteiger partial charge in [-0.3, -0.25) is 4.79 Å². The fourth-order valence-corrected chi connectivity index (χ4v) is 3.25. The van der Waals surface area contributed by atoms with Crippen molar-refractivity contribution < 1.29 is 4.79 Å². The van der Waals surface area contributed by atoms with E-state index in [1.165, 1.54) is 17.7 Å². The monoisotopic (exact) mass is 306 g/mol. The Kier molecular flexibility index (Phi) is 6.58. The lowest BCUT2D eigenvalue weighted by atomic mass is 9.97. The minimum atomic E-state index is 0.183. The number of piperidine rings is 1. The summed E-state index contributed by atoms with van der Waals surface area (Å²) in [6.07, 6.45) is 5.43. The number of hydrogen-bond donors (Lipinski definition) is 1. The summed E-state index contributed by atoms with van der Waals surface area (Å²) in [6.45, 7) is 6.06. The van der Waals surface area contributed by atoms with Gasteiger partial charge < -0.3 is 10.2 Å². The summed E-state index contributed by atoms with van der Waals surface area (Å²) in [6, 6.07) is 7.98. The van der Waals surface area contributed by atoms with Crippen molar-refractivity contribution in [1.29, 1.82) is 0 Å². The molecule has 0 saturated carbocycles. The zero-order valence-electron chi connectivity index (χ0n) is 13.1. The molecule has 0 aliphatic carbocycles. The summed E-state index contributed by atoms with van der Waals surface area (Å²) in [4.78, 5) is 16.0. The minimum Gasteiger partial charge on any atom is -0.338 e. The molecule has 21 heavy (non-hydrogen) atoms. The summed E-state index contributed by atoms with van der Waals surface area (Å²) < 4.78 is 0. The zero-order valence-corrected chi connectivity index (χ0v) is 13.9. The molecule has 4 heteroatoms. The van der Waals surface area contributed by atoms with E-state index in [-0.39, 0.29) is 5.91 Å². The van der Waals surface area contributed by atoms with Gasteiger partial charge in [-0.1, -0.05) is 6.92 Å². The summed E-state index contributed by atoms with van der Waals surface area (Å²) in [5, 5.41) is 3.39. The molecule has 1 fully saturated rings. The van der Waals surface area contributed by atoms with Crippen molar-refractivity contribution in [3.63, 3.8) is 0 Å². The Labute approximate surface area is 132 Å². The standard InChI is InChI=1S/C17H26N2OS/c1-3-12-19(13-14-8-10-18-11-9-14)17(20)15-4-6-16(21-2)7-5-15/h4-7,14,18H,3,8-13H2,1-2H3. The van der Waals surface area contributed by atoms with E-state index in [4.69, 9.17) is 0 Å². The van der Waals surface area contributed by atoms with Crippen LogP contribution in [0, 0.1) is 5.92 Å². The SMILES string of the molecule is CCCN(CC1CCNCC1)C(=O)c1ccc(SC)cc1. The van der Waals surface area contributed by atoms with E-state index in [1.54, 1.807) is 11.8 Å². The van der Waals surface area contributed by atoms with Gasteiger partial charge in [0.25, 0.3) is 5.91 Å². The van der Waals surface area contributed by atoms with Gasteiger partial charge in [0.15, 0.2) is 0 Å². The molecule has 1 saturated heterocycles. The number of nitrogens with zero attached hydrogens (tertiary/aromatic N) is 1. The zero-order chi connectivity index (χ0) is 15.1. The Morgan fingerprint density at radius 2 is 1.95 bits per heavy atom. The molecular formula is C17H26N2OS. The van der Waals surface area contributed by atoms with Crippen LogP contribution in [0.25, 0.3) is 0 Å². The van der Waals surface area contributed by atoms with Crippen molar-refractivity contribution >= 4 is 17.7 Å². The highest BCUT2D eigenvalue weighted by molar-refractivity contribution is 7.98. The third-order valence-electron chi connectivity index (χ3n) is 4.06. The predicted molar refractivity (Wildman–Crippen MR) is 90.0 cm³/mol. The van der Waals surface area contributed by atoms with Gasteiger partial charge in [-0.05, 0) is 68.8 Å². The lowest BCUT2D eigenvalue weighted by molar-refractivity contribution is 0.0716. The lowest BCUT2D eigenvalue weighted by Crippen LogP contribution is -2.39. The number of benzene rings is 1. The normalized spacial score (nSPS) is 15.9. The number of carbonyl (C=O) groups is 1. The van der Waals surface area contributed by atoms with Gasteiger partial charge in [0.2, 0.25) is 0 Å². The Morgan fingerprint density at radius 3 is 2.52 bits per heavy atom. The Hall–Kier alpha value is -1.00. The minimum absolute atomic E-state index is 0.183. The summed E-state index contributed by atoms with van der Waals surface area (Å²) in [5.74, 6) is 0.829. The van der Waals surface area contributed by atoms with E-state index in [0.717, 1.165) is 38.2 Å². The van der Waals surface area contributed by atoms with Crippen LogP contribution in [0.15, 0.2) is 29.2 Å². The third-order valence-corrected chi connectivity index (χ3v) is 4.80. The van der Waals surface area contributed by atoms with Crippen LogP contribution in [-0.2, 0) is 0 Å². The molecule has 0 aromatic heterocycles. The molecule has 0 spiro atoms.